The molecule has 0 aliphatic heterocycles. The van der Waals surface area contributed by atoms with Crippen LogP contribution in [-0.4, -0.2) is 21.3 Å². The molecule has 0 fully saturated rings. The molecule has 1 N–H and O–H groups in total. The van der Waals surface area contributed by atoms with Gasteiger partial charge in [0.25, 0.3) is 0 Å². The number of hydrogen-bond acceptors (Lipinski definition) is 4. The van der Waals surface area contributed by atoms with E-state index < -0.39 is 11.9 Å². The van der Waals surface area contributed by atoms with Crippen LogP contribution in [0.3, 0.4) is 0 Å². The third-order valence-electron chi connectivity index (χ3n) is 2.56. The molecule has 5 heteroatoms. The van der Waals surface area contributed by atoms with Crippen LogP contribution in [0.15, 0.2) is 28.7 Å². The summed E-state index contributed by atoms with van der Waals surface area (Å²) in [7, 11) is 0. The molecule has 0 saturated heterocycles. The van der Waals surface area contributed by atoms with Gasteiger partial charge in [-0.25, -0.2) is 0 Å². The van der Waals surface area contributed by atoms with E-state index in [1.54, 1.807) is 0 Å². The van der Waals surface area contributed by atoms with E-state index >= 15 is 0 Å². The molecule has 2 aromatic rings. The van der Waals surface area contributed by atoms with Crippen molar-refractivity contribution in [3.05, 3.63) is 35.7 Å². The van der Waals surface area contributed by atoms with Crippen molar-refractivity contribution in [2.24, 2.45) is 0 Å². The highest BCUT2D eigenvalue weighted by molar-refractivity contribution is 5.74. The molecule has 88 valence electrons. The highest BCUT2D eigenvalue weighted by Crippen LogP contribution is 2.24. The molecule has 0 saturated carbocycles. The maximum atomic E-state index is 10.8. The minimum atomic E-state index is -0.981. The fraction of sp³-hybridized carbons (Fsp3) is 0.250. The summed E-state index contributed by atoms with van der Waals surface area (Å²) in [6, 6.07) is 7.57. The lowest BCUT2D eigenvalue weighted by Crippen LogP contribution is -2.07. The average molecular weight is 232 g/mol. The lowest BCUT2D eigenvalue weighted by atomic mass is 10.1. The number of carboxylic acids is 1. The summed E-state index contributed by atoms with van der Waals surface area (Å²) >= 11 is 0. The SMILES string of the molecule is Cc1ccccc1-c1nnc(C(C)C(=O)O)o1. The first-order valence-electron chi connectivity index (χ1n) is 5.22. The van der Waals surface area contributed by atoms with Crippen LogP contribution in [0.2, 0.25) is 0 Å². The second-order valence-electron chi connectivity index (χ2n) is 3.82. The van der Waals surface area contributed by atoms with E-state index in [1.807, 2.05) is 31.2 Å². The average Bonchev–Trinajstić information content (AvgIpc) is 2.77. The zero-order chi connectivity index (χ0) is 12.4. The Morgan fingerprint density at radius 3 is 2.71 bits per heavy atom. The van der Waals surface area contributed by atoms with E-state index in [1.165, 1.54) is 6.92 Å². The molecule has 0 spiro atoms. The highest BCUT2D eigenvalue weighted by atomic mass is 16.4. The van der Waals surface area contributed by atoms with Crippen molar-refractivity contribution in [1.82, 2.24) is 10.2 Å². The molecule has 1 unspecified atom stereocenters. The van der Waals surface area contributed by atoms with Gasteiger partial charge in [-0.15, -0.1) is 10.2 Å². The van der Waals surface area contributed by atoms with E-state index in [2.05, 4.69) is 10.2 Å². The van der Waals surface area contributed by atoms with Crippen LogP contribution in [0.1, 0.15) is 24.3 Å². The molecule has 1 atom stereocenters. The van der Waals surface area contributed by atoms with Crippen LogP contribution in [0, 0.1) is 6.92 Å². The zero-order valence-electron chi connectivity index (χ0n) is 9.54. The van der Waals surface area contributed by atoms with Gasteiger partial charge in [-0.05, 0) is 25.5 Å². The fourth-order valence-electron chi connectivity index (χ4n) is 1.44. The highest BCUT2D eigenvalue weighted by Gasteiger charge is 2.21. The maximum absolute atomic E-state index is 10.8. The summed E-state index contributed by atoms with van der Waals surface area (Å²) in [5.74, 6) is -1.30. The first kappa shape index (κ1) is 11.3. The Balaban J connectivity index is 2.37. The molecular weight excluding hydrogens is 220 g/mol. The third-order valence-corrected chi connectivity index (χ3v) is 2.56. The predicted molar refractivity (Wildman–Crippen MR) is 60.5 cm³/mol. The van der Waals surface area contributed by atoms with Crippen LogP contribution in [0.5, 0.6) is 0 Å². The number of aromatic nitrogens is 2. The van der Waals surface area contributed by atoms with E-state index in [9.17, 15) is 4.79 Å². The molecule has 0 radical (unpaired) electrons. The number of benzene rings is 1. The summed E-state index contributed by atoms with van der Waals surface area (Å²) in [5.41, 5.74) is 1.83. The van der Waals surface area contributed by atoms with Gasteiger partial charge in [0.2, 0.25) is 11.8 Å². The topological polar surface area (TPSA) is 76.2 Å². The second-order valence-corrected chi connectivity index (χ2v) is 3.82. The smallest absolute Gasteiger partial charge is 0.315 e. The van der Waals surface area contributed by atoms with Crippen molar-refractivity contribution < 1.29 is 14.3 Å². The molecule has 1 aromatic carbocycles. The van der Waals surface area contributed by atoms with Crippen LogP contribution < -0.4 is 0 Å². The minimum absolute atomic E-state index is 0.121. The molecular formula is C12H12N2O3. The van der Waals surface area contributed by atoms with Crippen molar-refractivity contribution in [3.8, 4) is 11.5 Å². The monoisotopic (exact) mass is 232 g/mol. The van der Waals surface area contributed by atoms with Crippen LogP contribution >= 0.6 is 0 Å². The van der Waals surface area contributed by atoms with Crippen molar-refractivity contribution in [3.63, 3.8) is 0 Å². The Morgan fingerprint density at radius 2 is 2.06 bits per heavy atom. The number of carbonyl (C=O) groups is 1. The standard InChI is InChI=1S/C12H12N2O3/c1-7-5-3-4-6-9(7)11-14-13-10(17-11)8(2)12(15)16/h3-6,8H,1-2H3,(H,15,16). The van der Waals surface area contributed by atoms with E-state index in [4.69, 9.17) is 9.52 Å². The van der Waals surface area contributed by atoms with Crippen molar-refractivity contribution >= 4 is 5.97 Å². The molecule has 1 heterocycles. The minimum Gasteiger partial charge on any atom is -0.481 e. The molecule has 0 aliphatic rings. The Hall–Kier alpha value is -2.17. The molecule has 5 nitrogen and oxygen atoms in total. The van der Waals surface area contributed by atoms with E-state index in [0.29, 0.717) is 5.89 Å². The van der Waals surface area contributed by atoms with E-state index in [0.717, 1.165) is 11.1 Å². The molecule has 1 aromatic heterocycles. The largest absolute Gasteiger partial charge is 0.481 e. The lowest BCUT2D eigenvalue weighted by Gasteiger charge is -2.00. The van der Waals surface area contributed by atoms with Gasteiger partial charge in [-0.3, -0.25) is 4.79 Å². The van der Waals surface area contributed by atoms with Gasteiger partial charge in [-0.2, -0.15) is 0 Å². The number of nitrogens with zero attached hydrogens (tertiary/aromatic N) is 2. The van der Waals surface area contributed by atoms with Gasteiger partial charge < -0.3 is 9.52 Å². The van der Waals surface area contributed by atoms with Gasteiger partial charge in [0.1, 0.15) is 5.92 Å². The first-order valence-corrected chi connectivity index (χ1v) is 5.22. The van der Waals surface area contributed by atoms with Gasteiger partial charge >= 0.3 is 5.97 Å². The zero-order valence-corrected chi connectivity index (χ0v) is 9.54. The Bertz CT molecular complexity index is 548. The number of aryl methyl sites for hydroxylation is 1. The Kier molecular flexibility index (Phi) is 2.91. The van der Waals surface area contributed by atoms with Gasteiger partial charge in [-0.1, -0.05) is 18.2 Å². The summed E-state index contributed by atoms with van der Waals surface area (Å²) in [6.45, 7) is 3.44. The Morgan fingerprint density at radius 1 is 1.35 bits per heavy atom. The molecule has 17 heavy (non-hydrogen) atoms. The molecule has 2 rings (SSSR count). The molecule has 0 bridgehead atoms. The maximum Gasteiger partial charge on any atom is 0.315 e. The fourth-order valence-corrected chi connectivity index (χ4v) is 1.44. The van der Waals surface area contributed by atoms with Crippen molar-refractivity contribution in [2.75, 3.05) is 0 Å². The quantitative estimate of drug-likeness (QED) is 0.878. The van der Waals surface area contributed by atoms with Crippen LogP contribution in [0.4, 0.5) is 0 Å². The predicted octanol–water partition coefficient (Wildman–Crippen LogP) is 2.23. The third kappa shape index (κ3) is 2.18. The summed E-state index contributed by atoms with van der Waals surface area (Å²) in [5, 5.41) is 16.5. The van der Waals surface area contributed by atoms with Crippen LogP contribution in [0.25, 0.3) is 11.5 Å². The normalized spacial score (nSPS) is 12.4. The number of carboxylic acid groups (broad SMARTS) is 1. The van der Waals surface area contributed by atoms with Gasteiger partial charge in [0.15, 0.2) is 0 Å². The first-order chi connectivity index (χ1) is 8.09. The number of hydrogen-bond donors (Lipinski definition) is 1. The van der Waals surface area contributed by atoms with Gasteiger partial charge in [0.05, 0.1) is 0 Å². The summed E-state index contributed by atoms with van der Waals surface area (Å²) < 4.78 is 5.37. The summed E-state index contributed by atoms with van der Waals surface area (Å²) in [6.07, 6.45) is 0. The van der Waals surface area contributed by atoms with E-state index in [-0.39, 0.29) is 5.89 Å². The van der Waals surface area contributed by atoms with Crippen LogP contribution in [-0.2, 0) is 4.79 Å². The summed E-state index contributed by atoms with van der Waals surface area (Å²) in [4.78, 5) is 10.8. The van der Waals surface area contributed by atoms with Crippen molar-refractivity contribution in [1.29, 1.82) is 0 Å². The Labute approximate surface area is 98.1 Å². The molecule has 0 aliphatic carbocycles. The van der Waals surface area contributed by atoms with Gasteiger partial charge in [0, 0.05) is 5.56 Å². The molecule has 0 amide bonds. The number of rotatable bonds is 3. The second kappa shape index (κ2) is 4.37. The lowest BCUT2D eigenvalue weighted by molar-refractivity contribution is -0.138. The number of aliphatic carboxylic acids is 1. The van der Waals surface area contributed by atoms with Crippen molar-refractivity contribution in [2.45, 2.75) is 19.8 Å².